The molecule has 2 aromatic rings. The van der Waals surface area contributed by atoms with Crippen molar-refractivity contribution < 1.29 is 13.6 Å². The van der Waals surface area contributed by atoms with Crippen LogP contribution in [0.25, 0.3) is 0 Å². The van der Waals surface area contributed by atoms with Crippen LogP contribution in [0.3, 0.4) is 0 Å². The molecule has 0 bridgehead atoms. The fraction of sp³-hybridized carbons (Fsp3) is 0.0833. The third kappa shape index (κ3) is 3.00. The lowest BCUT2D eigenvalue weighted by Gasteiger charge is -2.06. The first-order valence-corrected chi connectivity index (χ1v) is 6.61. The van der Waals surface area contributed by atoms with Gasteiger partial charge in [0.25, 0.3) is 5.91 Å². The number of furan rings is 1. The van der Waals surface area contributed by atoms with Crippen LogP contribution in [0.5, 0.6) is 0 Å². The van der Waals surface area contributed by atoms with E-state index in [2.05, 4.69) is 37.2 Å². The van der Waals surface area contributed by atoms with E-state index in [1.807, 2.05) is 0 Å². The third-order valence-electron chi connectivity index (χ3n) is 2.31. The Balaban J connectivity index is 2.06. The first kappa shape index (κ1) is 13.3. The smallest absolute Gasteiger partial charge is 0.256 e. The van der Waals surface area contributed by atoms with Crippen molar-refractivity contribution in [2.75, 3.05) is 0 Å². The van der Waals surface area contributed by atoms with Crippen LogP contribution in [-0.2, 0) is 6.54 Å². The predicted molar refractivity (Wildman–Crippen MR) is 71.7 cm³/mol. The average Bonchev–Trinajstić information content (AvgIpc) is 2.76. The number of benzene rings is 1. The molecule has 0 radical (unpaired) electrons. The van der Waals surface area contributed by atoms with Crippen LogP contribution in [0, 0.1) is 5.82 Å². The summed E-state index contributed by atoms with van der Waals surface area (Å²) in [5.74, 6) is -0.681. The van der Waals surface area contributed by atoms with E-state index in [9.17, 15) is 9.18 Å². The highest BCUT2D eigenvalue weighted by Gasteiger charge is 2.13. The van der Waals surface area contributed by atoms with Gasteiger partial charge in [-0.2, -0.15) is 0 Å². The summed E-state index contributed by atoms with van der Waals surface area (Å²) in [4.78, 5) is 11.8. The zero-order valence-electron chi connectivity index (χ0n) is 9.04. The van der Waals surface area contributed by atoms with Gasteiger partial charge in [0, 0.05) is 16.6 Å². The molecule has 0 saturated heterocycles. The molecule has 1 aromatic carbocycles. The molecular formula is C12H8Br2FNO2. The Morgan fingerprint density at radius 3 is 2.78 bits per heavy atom. The lowest BCUT2D eigenvalue weighted by Crippen LogP contribution is -2.23. The van der Waals surface area contributed by atoms with Gasteiger partial charge in [-0.05, 0) is 40.2 Å². The molecule has 1 N–H and O–H groups in total. The topological polar surface area (TPSA) is 42.2 Å². The fourth-order valence-electron chi connectivity index (χ4n) is 1.41. The van der Waals surface area contributed by atoms with Gasteiger partial charge < -0.3 is 9.73 Å². The second-order valence-corrected chi connectivity index (χ2v) is 5.16. The molecule has 6 heteroatoms. The standard InChI is InChI=1S/C12H8Br2FNO2/c13-8-1-2-10(15)7(5-8)6-16-12(17)9-3-4-18-11(9)14/h1-5H,6H2,(H,16,17). The highest BCUT2D eigenvalue weighted by molar-refractivity contribution is 9.10. The molecule has 3 nitrogen and oxygen atoms in total. The van der Waals surface area contributed by atoms with Crippen molar-refractivity contribution in [3.63, 3.8) is 0 Å². The third-order valence-corrected chi connectivity index (χ3v) is 3.42. The van der Waals surface area contributed by atoms with Crippen molar-refractivity contribution >= 4 is 37.8 Å². The molecule has 1 aromatic heterocycles. The molecule has 0 unspecified atom stereocenters. The number of nitrogens with one attached hydrogen (secondary N) is 1. The number of carbonyl (C=O) groups excluding carboxylic acids is 1. The first-order chi connectivity index (χ1) is 8.58. The second-order valence-electron chi connectivity index (χ2n) is 3.53. The molecule has 0 saturated carbocycles. The van der Waals surface area contributed by atoms with E-state index in [0.717, 1.165) is 4.47 Å². The Morgan fingerprint density at radius 2 is 2.11 bits per heavy atom. The molecule has 18 heavy (non-hydrogen) atoms. The molecule has 0 spiro atoms. The number of halogens is 3. The molecule has 0 atom stereocenters. The highest BCUT2D eigenvalue weighted by atomic mass is 79.9. The summed E-state index contributed by atoms with van der Waals surface area (Å²) in [5.41, 5.74) is 0.794. The first-order valence-electron chi connectivity index (χ1n) is 5.03. The van der Waals surface area contributed by atoms with Crippen LogP contribution in [0.4, 0.5) is 4.39 Å². The van der Waals surface area contributed by atoms with E-state index in [-0.39, 0.29) is 18.3 Å². The Bertz CT molecular complexity index is 583. The van der Waals surface area contributed by atoms with Crippen molar-refractivity contribution in [2.45, 2.75) is 6.54 Å². The molecular weight excluding hydrogens is 369 g/mol. The molecule has 0 aliphatic rings. The zero-order chi connectivity index (χ0) is 13.1. The molecule has 0 aliphatic carbocycles. The maximum absolute atomic E-state index is 13.4. The van der Waals surface area contributed by atoms with E-state index in [1.54, 1.807) is 12.1 Å². The molecule has 1 heterocycles. The maximum Gasteiger partial charge on any atom is 0.256 e. The SMILES string of the molecule is O=C(NCc1cc(Br)ccc1F)c1ccoc1Br. The lowest BCUT2D eigenvalue weighted by atomic mass is 10.2. The van der Waals surface area contributed by atoms with Crippen LogP contribution in [0.15, 0.2) is 44.1 Å². The summed E-state index contributed by atoms with van der Waals surface area (Å²) in [6.45, 7) is 0.113. The molecule has 2 rings (SSSR count). The van der Waals surface area contributed by atoms with Gasteiger partial charge >= 0.3 is 0 Å². The molecule has 0 aliphatic heterocycles. The quantitative estimate of drug-likeness (QED) is 0.883. The summed E-state index contributed by atoms with van der Waals surface area (Å²) in [6.07, 6.45) is 1.40. The van der Waals surface area contributed by atoms with E-state index >= 15 is 0 Å². The summed E-state index contributed by atoms with van der Waals surface area (Å²) in [6, 6.07) is 6.11. The summed E-state index contributed by atoms with van der Waals surface area (Å²) in [5, 5.41) is 2.62. The fourth-order valence-corrected chi connectivity index (χ4v) is 2.23. The normalized spacial score (nSPS) is 10.4. The predicted octanol–water partition coefficient (Wildman–Crippen LogP) is 3.87. The van der Waals surface area contributed by atoms with Gasteiger partial charge in [0.2, 0.25) is 0 Å². The second kappa shape index (κ2) is 5.67. The van der Waals surface area contributed by atoms with Crippen LogP contribution < -0.4 is 5.32 Å². The van der Waals surface area contributed by atoms with E-state index in [1.165, 1.54) is 18.4 Å². The monoisotopic (exact) mass is 375 g/mol. The minimum absolute atomic E-state index is 0.113. The van der Waals surface area contributed by atoms with Crippen molar-refractivity contribution in [1.29, 1.82) is 0 Å². The zero-order valence-corrected chi connectivity index (χ0v) is 12.2. The largest absolute Gasteiger partial charge is 0.457 e. The van der Waals surface area contributed by atoms with Gasteiger partial charge in [0.05, 0.1) is 11.8 Å². The van der Waals surface area contributed by atoms with Crippen molar-refractivity contribution in [3.05, 3.63) is 56.6 Å². The van der Waals surface area contributed by atoms with Gasteiger partial charge in [-0.25, -0.2) is 4.39 Å². The number of hydrogen-bond acceptors (Lipinski definition) is 2. The minimum Gasteiger partial charge on any atom is -0.457 e. The van der Waals surface area contributed by atoms with Crippen LogP contribution in [-0.4, -0.2) is 5.91 Å². The Morgan fingerprint density at radius 1 is 1.33 bits per heavy atom. The summed E-state index contributed by atoms with van der Waals surface area (Å²) < 4.78 is 19.5. The summed E-state index contributed by atoms with van der Waals surface area (Å²) >= 11 is 6.36. The Labute approximate surface area is 120 Å². The molecule has 94 valence electrons. The average molecular weight is 377 g/mol. The van der Waals surface area contributed by atoms with E-state index < -0.39 is 0 Å². The number of amides is 1. The van der Waals surface area contributed by atoms with E-state index in [4.69, 9.17) is 4.42 Å². The minimum atomic E-state index is -0.357. The van der Waals surface area contributed by atoms with Crippen LogP contribution in [0.1, 0.15) is 15.9 Å². The van der Waals surface area contributed by atoms with Crippen molar-refractivity contribution in [2.24, 2.45) is 0 Å². The highest BCUT2D eigenvalue weighted by Crippen LogP contribution is 2.18. The number of carbonyl (C=O) groups is 1. The number of hydrogen-bond donors (Lipinski definition) is 1. The Kier molecular flexibility index (Phi) is 4.19. The molecule has 0 fully saturated rings. The summed E-state index contributed by atoms with van der Waals surface area (Å²) in [7, 11) is 0. The number of rotatable bonds is 3. The van der Waals surface area contributed by atoms with Gasteiger partial charge in [-0.1, -0.05) is 15.9 Å². The van der Waals surface area contributed by atoms with Gasteiger partial charge in [-0.15, -0.1) is 0 Å². The van der Waals surface area contributed by atoms with Gasteiger partial charge in [0.15, 0.2) is 4.67 Å². The molecule has 1 amide bonds. The lowest BCUT2D eigenvalue weighted by molar-refractivity contribution is 0.0949. The maximum atomic E-state index is 13.4. The van der Waals surface area contributed by atoms with Crippen molar-refractivity contribution in [1.82, 2.24) is 5.32 Å². The van der Waals surface area contributed by atoms with Crippen LogP contribution >= 0.6 is 31.9 Å². The van der Waals surface area contributed by atoms with E-state index in [0.29, 0.717) is 15.8 Å². The van der Waals surface area contributed by atoms with Crippen molar-refractivity contribution in [3.8, 4) is 0 Å². The Hall–Kier alpha value is -1.14. The van der Waals surface area contributed by atoms with Gasteiger partial charge in [-0.3, -0.25) is 4.79 Å². The van der Waals surface area contributed by atoms with Gasteiger partial charge in [0.1, 0.15) is 5.82 Å². The van der Waals surface area contributed by atoms with Crippen LogP contribution in [0.2, 0.25) is 0 Å².